The molecule has 1 N–H and O–H groups in total. The highest BCUT2D eigenvalue weighted by Gasteiger charge is 2.61. The zero-order chi connectivity index (χ0) is 23.9. The Bertz CT molecular complexity index is 1300. The molecule has 5 rings (SSSR count). The van der Waals surface area contributed by atoms with Crippen molar-refractivity contribution in [3.8, 4) is 0 Å². The standard InChI is InChI=1S/C25H19ClFN3O3S/c26-20-7-3-1-5-16(20)13-28-22(31)14-29-21-8-4-2-6-19(21)25(24(29)33)30(23(32)15-34-25)18-11-9-17(27)10-12-18/h1-12H,13-15H2,(H,28,31)/t25-/m0/s1. The number of nitrogens with one attached hydrogen (secondary N) is 1. The van der Waals surface area contributed by atoms with Crippen LogP contribution in [0.1, 0.15) is 11.1 Å². The lowest BCUT2D eigenvalue weighted by Gasteiger charge is -2.33. The van der Waals surface area contributed by atoms with Gasteiger partial charge in [-0.1, -0.05) is 48.0 Å². The molecule has 2 aliphatic heterocycles. The molecular formula is C25H19ClFN3O3S. The number of anilines is 2. The summed E-state index contributed by atoms with van der Waals surface area (Å²) in [4.78, 5) is 41.1. The number of para-hydroxylation sites is 1. The normalized spacial score (nSPS) is 19.1. The maximum Gasteiger partial charge on any atom is 0.269 e. The van der Waals surface area contributed by atoms with Crippen LogP contribution in [-0.2, 0) is 25.8 Å². The lowest BCUT2D eigenvalue weighted by Crippen LogP contribution is -2.51. The van der Waals surface area contributed by atoms with Gasteiger partial charge in [0.25, 0.3) is 5.91 Å². The van der Waals surface area contributed by atoms with Gasteiger partial charge in [-0.15, -0.1) is 11.8 Å². The van der Waals surface area contributed by atoms with Crippen LogP contribution < -0.4 is 15.1 Å². The van der Waals surface area contributed by atoms with Crippen LogP contribution in [0.5, 0.6) is 0 Å². The fraction of sp³-hybridized carbons (Fsp3) is 0.160. The predicted octanol–water partition coefficient (Wildman–Crippen LogP) is 4.07. The maximum absolute atomic E-state index is 13.9. The van der Waals surface area contributed by atoms with Gasteiger partial charge in [-0.2, -0.15) is 0 Å². The zero-order valence-corrected chi connectivity index (χ0v) is 19.4. The fourth-order valence-electron chi connectivity index (χ4n) is 4.34. The zero-order valence-electron chi connectivity index (χ0n) is 17.8. The molecule has 172 valence electrons. The van der Waals surface area contributed by atoms with Crippen molar-refractivity contribution in [1.29, 1.82) is 0 Å². The number of rotatable bonds is 5. The maximum atomic E-state index is 13.9. The molecule has 2 heterocycles. The lowest BCUT2D eigenvalue weighted by atomic mass is 10.0. The molecule has 0 aromatic heterocycles. The molecule has 0 aliphatic carbocycles. The Balaban J connectivity index is 1.45. The summed E-state index contributed by atoms with van der Waals surface area (Å²) in [6.07, 6.45) is 0. The third-order valence-corrected chi connectivity index (χ3v) is 7.64. The van der Waals surface area contributed by atoms with E-state index < -0.39 is 10.7 Å². The Morgan fingerprint density at radius 2 is 1.74 bits per heavy atom. The first-order chi connectivity index (χ1) is 16.4. The molecule has 1 atom stereocenters. The van der Waals surface area contributed by atoms with E-state index in [1.165, 1.54) is 45.8 Å². The number of benzene rings is 3. The number of carbonyl (C=O) groups is 3. The Labute approximate surface area is 204 Å². The average Bonchev–Trinajstić information content (AvgIpc) is 3.30. The van der Waals surface area contributed by atoms with E-state index >= 15 is 0 Å². The average molecular weight is 496 g/mol. The number of amides is 3. The van der Waals surface area contributed by atoms with Crippen LogP contribution in [0.15, 0.2) is 72.8 Å². The highest BCUT2D eigenvalue weighted by atomic mass is 35.5. The van der Waals surface area contributed by atoms with Gasteiger partial charge in [0.15, 0.2) is 0 Å². The molecule has 1 saturated heterocycles. The van der Waals surface area contributed by atoms with Gasteiger partial charge in [-0.05, 0) is 42.0 Å². The van der Waals surface area contributed by atoms with Crippen LogP contribution in [0.25, 0.3) is 0 Å². The third-order valence-electron chi connectivity index (χ3n) is 5.88. The Kier molecular flexibility index (Phi) is 5.79. The molecular weight excluding hydrogens is 477 g/mol. The van der Waals surface area contributed by atoms with Gasteiger partial charge in [0, 0.05) is 22.8 Å². The van der Waals surface area contributed by atoms with Crippen molar-refractivity contribution in [1.82, 2.24) is 5.32 Å². The monoisotopic (exact) mass is 495 g/mol. The third kappa shape index (κ3) is 3.63. The minimum Gasteiger partial charge on any atom is -0.350 e. The molecule has 3 aromatic rings. The number of carbonyl (C=O) groups excluding carboxylic acids is 3. The second-order valence-electron chi connectivity index (χ2n) is 7.91. The Morgan fingerprint density at radius 1 is 1.03 bits per heavy atom. The highest BCUT2D eigenvalue weighted by Crippen LogP contribution is 2.55. The van der Waals surface area contributed by atoms with Crippen molar-refractivity contribution >= 4 is 52.5 Å². The minimum atomic E-state index is -1.35. The molecule has 3 aromatic carbocycles. The molecule has 1 spiro atoms. The van der Waals surface area contributed by atoms with E-state index in [1.807, 2.05) is 12.1 Å². The van der Waals surface area contributed by atoms with E-state index in [0.717, 1.165) is 5.56 Å². The highest BCUT2D eigenvalue weighted by molar-refractivity contribution is 8.02. The van der Waals surface area contributed by atoms with Crippen LogP contribution in [0.3, 0.4) is 0 Å². The van der Waals surface area contributed by atoms with Crippen LogP contribution in [0, 0.1) is 5.82 Å². The number of hydrogen-bond acceptors (Lipinski definition) is 4. The van der Waals surface area contributed by atoms with E-state index in [4.69, 9.17) is 11.6 Å². The van der Waals surface area contributed by atoms with Gasteiger partial charge in [-0.25, -0.2) is 4.39 Å². The van der Waals surface area contributed by atoms with Crippen LogP contribution in [0.4, 0.5) is 15.8 Å². The predicted molar refractivity (Wildman–Crippen MR) is 130 cm³/mol. The van der Waals surface area contributed by atoms with Crippen molar-refractivity contribution in [3.05, 3.63) is 94.8 Å². The van der Waals surface area contributed by atoms with Gasteiger partial charge in [0.05, 0.1) is 11.4 Å². The lowest BCUT2D eigenvalue weighted by molar-refractivity contribution is -0.125. The summed E-state index contributed by atoms with van der Waals surface area (Å²) in [6, 6.07) is 19.8. The quantitative estimate of drug-likeness (QED) is 0.579. The van der Waals surface area contributed by atoms with E-state index in [0.29, 0.717) is 22.0 Å². The van der Waals surface area contributed by atoms with E-state index in [-0.39, 0.29) is 36.6 Å². The summed E-state index contributed by atoms with van der Waals surface area (Å²) in [5.41, 5.74) is 2.37. The van der Waals surface area contributed by atoms with Crippen molar-refractivity contribution in [2.75, 3.05) is 22.1 Å². The van der Waals surface area contributed by atoms with Crippen LogP contribution >= 0.6 is 23.4 Å². The van der Waals surface area contributed by atoms with Crippen molar-refractivity contribution in [2.45, 2.75) is 11.4 Å². The first-order valence-corrected chi connectivity index (χ1v) is 11.9. The SMILES string of the molecule is O=C(CN1C(=O)[C@@]2(SCC(=O)N2c2ccc(F)cc2)c2ccccc21)NCc1ccccc1Cl. The number of hydrogen-bond donors (Lipinski definition) is 1. The molecule has 1 fully saturated rings. The largest absolute Gasteiger partial charge is 0.350 e. The molecule has 34 heavy (non-hydrogen) atoms. The first kappa shape index (κ1) is 22.4. The number of thioether (sulfide) groups is 1. The topological polar surface area (TPSA) is 69.7 Å². The molecule has 3 amide bonds. The smallest absolute Gasteiger partial charge is 0.269 e. The van der Waals surface area contributed by atoms with Gasteiger partial charge in [0.2, 0.25) is 16.7 Å². The van der Waals surface area contributed by atoms with Crippen LogP contribution in [0.2, 0.25) is 5.02 Å². The van der Waals surface area contributed by atoms with Crippen molar-refractivity contribution in [2.24, 2.45) is 0 Å². The first-order valence-electron chi connectivity index (χ1n) is 10.6. The number of halogens is 2. The van der Waals surface area contributed by atoms with Gasteiger partial charge < -0.3 is 5.32 Å². The second-order valence-corrected chi connectivity index (χ2v) is 9.49. The molecule has 0 saturated carbocycles. The van der Waals surface area contributed by atoms with Crippen molar-refractivity contribution < 1.29 is 18.8 Å². The second kappa shape index (κ2) is 8.77. The van der Waals surface area contributed by atoms with E-state index in [1.54, 1.807) is 36.4 Å². The van der Waals surface area contributed by atoms with Gasteiger partial charge in [-0.3, -0.25) is 24.2 Å². The molecule has 6 nitrogen and oxygen atoms in total. The number of nitrogens with zero attached hydrogens (tertiary/aromatic N) is 2. The van der Waals surface area contributed by atoms with E-state index in [2.05, 4.69) is 5.32 Å². The number of fused-ring (bicyclic) bond motifs is 2. The van der Waals surface area contributed by atoms with E-state index in [9.17, 15) is 18.8 Å². The van der Waals surface area contributed by atoms with Crippen LogP contribution in [-0.4, -0.2) is 30.0 Å². The van der Waals surface area contributed by atoms with Gasteiger partial charge >= 0.3 is 0 Å². The minimum absolute atomic E-state index is 0.0873. The summed E-state index contributed by atoms with van der Waals surface area (Å²) >= 11 is 7.37. The molecule has 0 bridgehead atoms. The molecule has 9 heteroatoms. The summed E-state index contributed by atoms with van der Waals surface area (Å²) in [6.45, 7) is 0.0102. The van der Waals surface area contributed by atoms with Crippen molar-refractivity contribution in [3.63, 3.8) is 0 Å². The fourth-order valence-corrected chi connectivity index (χ4v) is 5.90. The summed E-state index contributed by atoms with van der Waals surface area (Å²) in [5, 5.41) is 3.35. The molecule has 2 aliphatic rings. The Hall–Kier alpha value is -3.36. The summed E-state index contributed by atoms with van der Waals surface area (Å²) in [7, 11) is 0. The summed E-state index contributed by atoms with van der Waals surface area (Å²) in [5.74, 6) is -1.36. The summed E-state index contributed by atoms with van der Waals surface area (Å²) < 4.78 is 13.5. The van der Waals surface area contributed by atoms with Gasteiger partial charge in [0.1, 0.15) is 12.4 Å². The Morgan fingerprint density at radius 3 is 2.50 bits per heavy atom. The molecule has 0 unspecified atom stereocenters. The molecule has 0 radical (unpaired) electrons.